The summed E-state index contributed by atoms with van der Waals surface area (Å²) in [7, 11) is 1.62. The average molecular weight is 311 g/mol. The Morgan fingerprint density at radius 3 is 2.39 bits per heavy atom. The van der Waals surface area contributed by atoms with Gasteiger partial charge in [0, 0.05) is 5.69 Å². The first kappa shape index (κ1) is 16.5. The number of aryl methyl sites for hydroxylation is 1. The maximum absolute atomic E-state index is 12.0. The quantitative estimate of drug-likeness (QED) is 0.637. The molecule has 2 aromatic carbocycles. The number of methoxy groups -OCH3 is 1. The number of amides is 1. The van der Waals surface area contributed by atoms with Crippen LogP contribution >= 0.6 is 0 Å². The molecule has 5 heteroatoms. The van der Waals surface area contributed by atoms with Gasteiger partial charge in [0.05, 0.1) is 13.3 Å². The van der Waals surface area contributed by atoms with E-state index in [1.54, 1.807) is 20.2 Å². The van der Waals surface area contributed by atoms with Gasteiger partial charge < -0.3 is 10.1 Å². The lowest BCUT2D eigenvalue weighted by Crippen LogP contribution is -2.34. The second-order valence-corrected chi connectivity index (χ2v) is 5.24. The summed E-state index contributed by atoms with van der Waals surface area (Å²) in [5.41, 5.74) is 5.50. The predicted molar refractivity (Wildman–Crippen MR) is 93.0 cm³/mol. The summed E-state index contributed by atoms with van der Waals surface area (Å²) in [4.78, 5) is 12.0. The molecule has 0 heterocycles. The van der Waals surface area contributed by atoms with Crippen molar-refractivity contribution in [1.29, 1.82) is 0 Å². The number of benzene rings is 2. The van der Waals surface area contributed by atoms with Crippen molar-refractivity contribution >= 4 is 17.8 Å². The fourth-order valence-electron chi connectivity index (χ4n) is 1.92. The van der Waals surface area contributed by atoms with E-state index in [4.69, 9.17) is 4.74 Å². The lowest BCUT2D eigenvalue weighted by Gasteiger charge is -2.13. The van der Waals surface area contributed by atoms with Crippen molar-refractivity contribution in [1.82, 2.24) is 5.43 Å². The van der Waals surface area contributed by atoms with Crippen LogP contribution in [0, 0.1) is 6.92 Å². The lowest BCUT2D eigenvalue weighted by molar-refractivity contribution is -0.121. The number of hydrogen-bond acceptors (Lipinski definition) is 4. The van der Waals surface area contributed by atoms with Gasteiger partial charge in [0.1, 0.15) is 11.8 Å². The Kier molecular flexibility index (Phi) is 5.74. The van der Waals surface area contributed by atoms with Crippen LogP contribution in [0.15, 0.2) is 53.6 Å². The van der Waals surface area contributed by atoms with Gasteiger partial charge in [-0.25, -0.2) is 5.43 Å². The summed E-state index contributed by atoms with van der Waals surface area (Å²) in [6, 6.07) is 14.9. The fraction of sp³-hybridized carbons (Fsp3) is 0.222. The molecule has 2 N–H and O–H groups in total. The van der Waals surface area contributed by atoms with E-state index in [0.717, 1.165) is 17.0 Å². The van der Waals surface area contributed by atoms with Crippen molar-refractivity contribution in [2.24, 2.45) is 5.10 Å². The monoisotopic (exact) mass is 311 g/mol. The summed E-state index contributed by atoms with van der Waals surface area (Å²) in [6.45, 7) is 3.80. The van der Waals surface area contributed by atoms with Gasteiger partial charge in [0.25, 0.3) is 5.91 Å². The lowest BCUT2D eigenvalue weighted by atomic mass is 10.2. The van der Waals surface area contributed by atoms with Crippen molar-refractivity contribution in [3.63, 3.8) is 0 Å². The van der Waals surface area contributed by atoms with Crippen molar-refractivity contribution in [3.8, 4) is 5.75 Å². The van der Waals surface area contributed by atoms with E-state index in [1.165, 1.54) is 5.56 Å². The molecule has 0 fully saturated rings. The minimum atomic E-state index is -0.404. The van der Waals surface area contributed by atoms with Crippen LogP contribution in [0.25, 0.3) is 0 Å². The number of carbonyl (C=O) groups is 1. The van der Waals surface area contributed by atoms with Crippen LogP contribution in [0.5, 0.6) is 5.75 Å². The van der Waals surface area contributed by atoms with E-state index < -0.39 is 6.04 Å². The largest absolute Gasteiger partial charge is 0.497 e. The zero-order chi connectivity index (χ0) is 16.7. The van der Waals surface area contributed by atoms with E-state index in [0.29, 0.717) is 0 Å². The van der Waals surface area contributed by atoms with Crippen LogP contribution in [0.2, 0.25) is 0 Å². The van der Waals surface area contributed by atoms with Crippen molar-refractivity contribution in [3.05, 3.63) is 59.7 Å². The van der Waals surface area contributed by atoms with Crippen LogP contribution in [0.4, 0.5) is 5.69 Å². The first-order chi connectivity index (χ1) is 11.1. The molecular weight excluding hydrogens is 290 g/mol. The third kappa shape index (κ3) is 5.14. The van der Waals surface area contributed by atoms with Gasteiger partial charge in [-0.2, -0.15) is 5.10 Å². The molecule has 0 saturated heterocycles. The van der Waals surface area contributed by atoms with Gasteiger partial charge in [-0.15, -0.1) is 0 Å². The molecule has 1 unspecified atom stereocenters. The molecule has 120 valence electrons. The Bertz CT molecular complexity index is 664. The predicted octanol–water partition coefficient (Wildman–Crippen LogP) is 2.95. The zero-order valence-electron chi connectivity index (χ0n) is 13.5. The summed E-state index contributed by atoms with van der Waals surface area (Å²) < 4.78 is 5.10. The van der Waals surface area contributed by atoms with Gasteiger partial charge >= 0.3 is 0 Å². The average Bonchev–Trinajstić information content (AvgIpc) is 2.57. The van der Waals surface area contributed by atoms with E-state index in [2.05, 4.69) is 15.8 Å². The fourth-order valence-corrected chi connectivity index (χ4v) is 1.92. The van der Waals surface area contributed by atoms with Gasteiger partial charge in [-0.05, 0) is 43.7 Å². The SMILES string of the molecule is COc1ccc(NC(C)C(=O)NN=Cc2ccc(C)cc2)cc1. The molecule has 0 aliphatic carbocycles. The highest BCUT2D eigenvalue weighted by Crippen LogP contribution is 2.15. The van der Waals surface area contributed by atoms with Crippen LogP contribution in [0.3, 0.4) is 0 Å². The Balaban J connectivity index is 1.85. The second kappa shape index (κ2) is 7.98. The topological polar surface area (TPSA) is 62.7 Å². The number of nitrogens with one attached hydrogen (secondary N) is 2. The Labute approximate surface area is 136 Å². The summed E-state index contributed by atoms with van der Waals surface area (Å²) >= 11 is 0. The van der Waals surface area contributed by atoms with Gasteiger partial charge in [-0.1, -0.05) is 29.8 Å². The highest BCUT2D eigenvalue weighted by atomic mass is 16.5. The molecule has 0 aliphatic heterocycles. The third-order valence-corrected chi connectivity index (χ3v) is 3.33. The molecule has 2 aromatic rings. The Morgan fingerprint density at radius 2 is 1.78 bits per heavy atom. The minimum absolute atomic E-state index is 0.204. The van der Waals surface area contributed by atoms with E-state index in [9.17, 15) is 4.79 Å². The molecule has 5 nitrogen and oxygen atoms in total. The van der Waals surface area contributed by atoms with Crippen LogP contribution in [0.1, 0.15) is 18.1 Å². The zero-order valence-corrected chi connectivity index (χ0v) is 13.5. The molecule has 0 bridgehead atoms. The number of hydrazone groups is 1. The molecule has 0 aliphatic rings. The van der Waals surface area contributed by atoms with Crippen molar-refractivity contribution < 1.29 is 9.53 Å². The van der Waals surface area contributed by atoms with Crippen LogP contribution in [-0.4, -0.2) is 25.3 Å². The van der Waals surface area contributed by atoms with Crippen LogP contribution < -0.4 is 15.5 Å². The molecule has 0 radical (unpaired) electrons. The third-order valence-electron chi connectivity index (χ3n) is 3.33. The highest BCUT2D eigenvalue weighted by molar-refractivity contribution is 5.86. The minimum Gasteiger partial charge on any atom is -0.497 e. The number of anilines is 1. The summed E-state index contributed by atoms with van der Waals surface area (Å²) in [6.07, 6.45) is 1.62. The van der Waals surface area contributed by atoms with Crippen molar-refractivity contribution in [2.75, 3.05) is 12.4 Å². The number of hydrogen-bond donors (Lipinski definition) is 2. The number of carbonyl (C=O) groups excluding carboxylic acids is 1. The molecule has 2 rings (SSSR count). The van der Waals surface area contributed by atoms with Gasteiger partial charge in [0.15, 0.2) is 0 Å². The Morgan fingerprint density at radius 1 is 1.13 bits per heavy atom. The van der Waals surface area contributed by atoms with Gasteiger partial charge in [0.2, 0.25) is 0 Å². The molecule has 1 amide bonds. The molecule has 1 atom stereocenters. The van der Waals surface area contributed by atoms with Crippen molar-refractivity contribution in [2.45, 2.75) is 19.9 Å². The normalized spacial score (nSPS) is 12.0. The smallest absolute Gasteiger partial charge is 0.262 e. The second-order valence-electron chi connectivity index (χ2n) is 5.24. The van der Waals surface area contributed by atoms with E-state index in [-0.39, 0.29) is 5.91 Å². The number of rotatable bonds is 6. The first-order valence-corrected chi connectivity index (χ1v) is 7.38. The number of ether oxygens (including phenoxy) is 1. The summed E-state index contributed by atoms with van der Waals surface area (Å²) in [5, 5.41) is 7.08. The molecular formula is C18H21N3O2. The molecule has 0 spiro atoms. The molecule has 23 heavy (non-hydrogen) atoms. The number of nitrogens with zero attached hydrogens (tertiary/aromatic N) is 1. The molecule has 0 aromatic heterocycles. The first-order valence-electron chi connectivity index (χ1n) is 7.38. The highest BCUT2D eigenvalue weighted by Gasteiger charge is 2.11. The Hall–Kier alpha value is -2.82. The standard InChI is InChI=1S/C18H21N3O2/c1-13-4-6-15(7-5-13)12-19-21-18(22)14(2)20-16-8-10-17(23-3)11-9-16/h4-12,14,20H,1-3H3,(H,21,22). The maximum Gasteiger partial charge on any atom is 0.262 e. The van der Waals surface area contributed by atoms with E-state index in [1.807, 2.05) is 55.5 Å². The van der Waals surface area contributed by atoms with Gasteiger partial charge in [-0.3, -0.25) is 4.79 Å². The van der Waals surface area contributed by atoms with Crippen LogP contribution in [-0.2, 0) is 4.79 Å². The van der Waals surface area contributed by atoms with E-state index >= 15 is 0 Å². The summed E-state index contributed by atoms with van der Waals surface area (Å²) in [5.74, 6) is 0.569. The molecule has 0 saturated carbocycles. The maximum atomic E-state index is 12.0.